The summed E-state index contributed by atoms with van der Waals surface area (Å²) in [7, 11) is -4.57. The minimum absolute atomic E-state index is 0.00459. The molecule has 6 rings (SSSR count). The molecular weight excluding hydrogens is 619 g/mol. The van der Waals surface area contributed by atoms with Gasteiger partial charge < -0.3 is 24.2 Å². The molecule has 2 aliphatic heterocycles. The molecule has 256 valence electrons. The Hall–Kier alpha value is -2.81. The Labute approximate surface area is 277 Å². The van der Waals surface area contributed by atoms with E-state index in [0.717, 1.165) is 67.7 Å². The van der Waals surface area contributed by atoms with Gasteiger partial charge in [0.1, 0.15) is 6.10 Å². The molecule has 1 aromatic heterocycles. The van der Waals surface area contributed by atoms with E-state index < -0.39 is 36.8 Å². The molecule has 0 radical (unpaired) electrons. The lowest BCUT2D eigenvalue weighted by Crippen LogP contribution is -2.47. The van der Waals surface area contributed by atoms with Crippen LogP contribution >= 0.6 is 7.60 Å². The first-order valence-corrected chi connectivity index (χ1v) is 19.2. The van der Waals surface area contributed by atoms with Crippen molar-refractivity contribution in [3.05, 3.63) is 36.0 Å². The predicted octanol–water partition coefficient (Wildman–Crippen LogP) is 5.99. The Morgan fingerprint density at radius 3 is 2.62 bits per heavy atom. The molecule has 2 unspecified atom stereocenters. The van der Waals surface area contributed by atoms with Crippen LogP contribution in [0.3, 0.4) is 0 Å². The van der Waals surface area contributed by atoms with Crippen molar-refractivity contribution in [1.82, 2.24) is 9.88 Å². The number of cyclic esters (lactones) is 1. The molecule has 47 heavy (non-hydrogen) atoms. The average Bonchev–Trinajstić information content (AvgIpc) is 3.63. The predicted molar refractivity (Wildman–Crippen MR) is 177 cm³/mol. The number of ether oxygens (including phenoxy) is 2. The molecule has 4 bridgehead atoms. The molecular formula is C36H49N2O8P. The van der Waals surface area contributed by atoms with Gasteiger partial charge in [0.2, 0.25) is 11.8 Å². The van der Waals surface area contributed by atoms with E-state index in [1.165, 1.54) is 0 Å². The lowest BCUT2D eigenvalue weighted by Gasteiger charge is -2.34. The van der Waals surface area contributed by atoms with Gasteiger partial charge >= 0.3 is 13.6 Å². The van der Waals surface area contributed by atoms with E-state index in [4.69, 9.17) is 9.47 Å². The first-order chi connectivity index (χ1) is 22.5. The number of esters is 1. The number of hydrogen-bond donors (Lipinski definition) is 2. The van der Waals surface area contributed by atoms with Crippen LogP contribution in [0, 0.1) is 23.7 Å². The van der Waals surface area contributed by atoms with Crippen LogP contribution in [-0.2, 0) is 30.1 Å². The van der Waals surface area contributed by atoms with Crippen molar-refractivity contribution in [2.24, 2.45) is 23.7 Å². The molecule has 11 heteroatoms. The molecule has 1 saturated heterocycles. The molecule has 2 aromatic rings. The number of aromatic nitrogens is 1. The maximum atomic E-state index is 14.6. The quantitative estimate of drug-likeness (QED) is 0.280. The van der Waals surface area contributed by atoms with Crippen molar-refractivity contribution in [2.75, 3.05) is 13.2 Å². The number of rotatable bonds is 6. The van der Waals surface area contributed by atoms with Gasteiger partial charge in [0, 0.05) is 24.4 Å². The summed E-state index contributed by atoms with van der Waals surface area (Å²) in [5.74, 6) is -1.30. The summed E-state index contributed by atoms with van der Waals surface area (Å²) < 4.78 is 24.9. The zero-order valence-electron chi connectivity index (χ0n) is 27.6. The van der Waals surface area contributed by atoms with E-state index in [1.807, 2.05) is 13.0 Å². The third-order valence-electron chi connectivity index (χ3n) is 11.4. The fraction of sp³-hybridized carbons (Fsp3) is 0.667. The third-order valence-corrected chi connectivity index (χ3v) is 13.2. The van der Waals surface area contributed by atoms with Crippen molar-refractivity contribution in [2.45, 2.75) is 115 Å². The van der Waals surface area contributed by atoms with E-state index in [1.54, 1.807) is 11.1 Å². The maximum absolute atomic E-state index is 14.6. The van der Waals surface area contributed by atoms with E-state index >= 15 is 0 Å². The number of carbonyl (C=O) groups is 3. The summed E-state index contributed by atoms with van der Waals surface area (Å²) in [5.41, 5.74) is 1.14. The Balaban J connectivity index is 1.35. The van der Waals surface area contributed by atoms with Crippen molar-refractivity contribution in [3.8, 4) is 5.88 Å². The van der Waals surface area contributed by atoms with Gasteiger partial charge in [0.25, 0.3) is 0 Å². The number of nitrogens with zero attached hydrogens (tertiary/aromatic N) is 2. The average molecular weight is 669 g/mol. The summed E-state index contributed by atoms with van der Waals surface area (Å²) in [6, 6.07) is 7.26. The molecule has 2 saturated carbocycles. The Morgan fingerprint density at radius 1 is 1.11 bits per heavy atom. The fourth-order valence-corrected chi connectivity index (χ4v) is 9.91. The molecule has 6 atom stereocenters. The summed E-state index contributed by atoms with van der Waals surface area (Å²) in [5, 5.41) is 0.465. The lowest BCUT2D eigenvalue weighted by atomic mass is 9.77. The normalized spacial score (nSPS) is 31.2. The summed E-state index contributed by atoms with van der Waals surface area (Å²) in [6.07, 6.45) is 9.22. The topological polar surface area (TPSA) is 143 Å². The van der Waals surface area contributed by atoms with Gasteiger partial charge in [-0.15, -0.1) is 0 Å². The van der Waals surface area contributed by atoms with Crippen LogP contribution < -0.4 is 4.74 Å². The van der Waals surface area contributed by atoms with Gasteiger partial charge in [-0.05, 0) is 79.4 Å². The third kappa shape index (κ3) is 7.30. The van der Waals surface area contributed by atoms with Gasteiger partial charge in [-0.1, -0.05) is 51.7 Å². The molecule has 0 spiro atoms. The molecule has 4 aliphatic rings. The highest BCUT2D eigenvalue weighted by Crippen LogP contribution is 2.71. The van der Waals surface area contributed by atoms with Gasteiger partial charge in [0.15, 0.2) is 5.78 Å². The number of amides is 1. The van der Waals surface area contributed by atoms with Gasteiger partial charge in [-0.3, -0.25) is 18.9 Å². The Morgan fingerprint density at radius 2 is 1.89 bits per heavy atom. The van der Waals surface area contributed by atoms with Crippen LogP contribution in [0.2, 0.25) is 0 Å². The lowest BCUT2D eigenvalue weighted by molar-refractivity contribution is -0.152. The second-order valence-electron chi connectivity index (χ2n) is 14.6. The summed E-state index contributed by atoms with van der Waals surface area (Å²) in [4.78, 5) is 68.7. The van der Waals surface area contributed by atoms with Crippen molar-refractivity contribution in [1.29, 1.82) is 0 Å². The van der Waals surface area contributed by atoms with Crippen molar-refractivity contribution < 1.29 is 38.2 Å². The van der Waals surface area contributed by atoms with Gasteiger partial charge in [-0.25, -0.2) is 4.98 Å². The Kier molecular flexibility index (Phi) is 10.1. The minimum atomic E-state index is -4.57. The monoisotopic (exact) mass is 668 g/mol. The second kappa shape index (κ2) is 14.0. The second-order valence-corrected chi connectivity index (χ2v) is 16.6. The fourth-order valence-electron chi connectivity index (χ4n) is 8.43. The van der Waals surface area contributed by atoms with E-state index in [2.05, 4.69) is 30.1 Å². The highest BCUT2D eigenvalue weighted by Gasteiger charge is 2.66. The number of fused-ring (bicyclic) bond motifs is 3. The molecule has 1 aromatic carbocycles. The maximum Gasteiger partial charge on any atom is 0.332 e. The van der Waals surface area contributed by atoms with Crippen LogP contribution in [0.4, 0.5) is 0 Å². The number of ketones is 1. The number of aryl methyl sites for hydroxylation is 1. The summed E-state index contributed by atoms with van der Waals surface area (Å²) >= 11 is 0. The molecule has 2 aliphatic carbocycles. The first kappa shape index (κ1) is 34.1. The molecule has 10 nitrogen and oxygen atoms in total. The summed E-state index contributed by atoms with van der Waals surface area (Å²) in [6.45, 7) is 4.36. The minimum Gasteiger partial charge on any atom is -0.472 e. The van der Waals surface area contributed by atoms with Crippen LogP contribution in [0.25, 0.3) is 10.8 Å². The van der Waals surface area contributed by atoms with Crippen molar-refractivity contribution >= 4 is 36.0 Å². The zero-order valence-corrected chi connectivity index (χ0v) is 28.5. The number of pyridine rings is 1. The van der Waals surface area contributed by atoms with Crippen LogP contribution in [-0.4, -0.2) is 67.8 Å². The molecule has 2 N–H and O–H groups in total. The molecule has 3 fully saturated rings. The standard InChI is InChI=1S/C36H49N2O8P/c1-3-27-19-36(27,47(42,43)44)20-32(39)31-17-28-21-38(31)35(41)30(25-10-5-4-6-11-25)18-33(40)45-22-23(2)8-7-9-24-12-13-26-14-15-37-34(46-28)29(26)16-24/h12-16,23,25,27-28,30-31H,3-11,17-22H2,1-2H3,(H2,42,43,44)/t23-,27?,28+,30-,31-,36?/m0/s1. The van der Waals surface area contributed by atoms with E-state index in [9.17, 15) is 28.7 Å². The molecule has 3 heterocycles. The van der Waals surface area contributed by atoms with Crippen LogP contribution in [0.5, 0.6) is 5.88 Å². The number of benzene rings is 1. The number of Topliss-reactive ketones (excluding diaryl/α,β-unsaturated/α-hetero) is 1. The number of carbonyl (C=O) groups excluding carboxylic acids is 3. The van der Waals surface area contributed by atoms with Crippen molar-refractivity contribution in [3.63, 3.8) is 0 Å². The Bertz CT molecular complexity index is 1540. The largest absolute Gasteiger partial charge is 0.472 e. The number of hydrogen-bond acceptors (Lipinski definition) is 7. The van der Waals surface area contributed by atoms with Gasteiger partial charge in [-0.2, -0.15) is 0 Å². The highest BCUT2D eigenvalue weighted by molar-refractivity contribution is 7.54. The smallest absolute Gasteiger partial charge is 0.332 e. The van der Waals surface area contributed by atoms with Crippen LogP contribution in [0.15, 0.2) is 30.5 Å². The van der Waals surface area contributed by atoms with E-state index in [-0.39, 0.29) is 61.7 Å². The molecule has 1 amide bonds. The van der Waals surface area contributed by atoms with Crippen LogP contribution in [0.1, 0.15) is 96.5 Å². The SMILES string of the molecule is CCC1CC1(CC(=O)[C@@H]1C[C@@H]2CN1C(=O)[C@H](C1CCCCC1)CC(=O)OC[C@@H](C)CCCc1ccc3ccnc(c3c1)O2)P(=O)(O)O. The van der Waals surface area contributed by atoms with Gasteiger partial charge in [0.05, 0.1) is 36.7 Å². The highest BCUT2D eigenvalue weighted by atomic mass is 31.2. The first-order valence-electron chi connectivity index (χ1n) is 17.6. The zero-order chi connectivity index (χ0) is 33.3. The van der Waals surface area contributed by atoms with E-state index in [0.29, 0.717) is 18.9 Å².